The highest BCUT2D eigenvalue weighted by molar-refractivity contribution is 7.91. The Bertz CT molecular complexity index is 633. The van der Waals surface area contributed by atoms with Crippen molar-refractivity contribution in [3.63, 3.8) is 0 Å². The van der Waals surface area contributed by atoms with E-state index in [0.717, 1.165) is 5.56 Å². The second kappa shape index (κ2) is 6.94. The lowest BCUT2D eigenvalue weighted by atomic mass is 10.2. The van der Waals surface area contributed by atoms with Gasteiger partial charge in [-0.25, -0.2) is 4.39 Å². The molecule has 22 heavy (non-hydrogen) atoms. The van der Waals surface area contributed by atoms with Gasteiger partial charge in [-0.2, -0.15) is 0 Å². The van der Waals surface area contributed by atoms with Crippen LogP contribution in [0, 0.1) is 5.82 Å². The molecule has 1 atom stereocenters. The van der Waals surface area contributed by atoms with E-state index in [1.165, 1.54) is 12.1 Å². The summed E-state index contributed by atoms with van der Waals surface area (Å²) in [4.78, 5) is 0. The molecule has 3 nitrogen and oxygen atoms in total. The van der Waals surface area contributed by atoms with Gasteiger partial charge in [-0.05, 0) is 74.9 Å². The van der Waals surface area contributed by atoms with Gasteiger partial charge in [0.1, 0.15) is 33.4 Å². The number of rotatable bonds is 4. The molecule has 0 N–H and O–H groups in total. The number of ether oxygens (including phenoxy) is 1. The van der Waals surface area contributed by atoms with Crippen LogP contribution in [-0.4, -0.2) is 15.5 Å². The second-order valence-electron chi connectivity index (χ2n) is 5.72. The molecule has 0 aromatic heterocycles. The molecule has 0 saturated carbocycles. The summed E-state index contributed by atoms with van der Waals surface area (Å²) in [5.41, 5.74) is 0.837. The summed E-state index contributed by atoms with van der Waals surface area (Å²) in [5, 5.41) is 0. The van der Waals surface area contributed by atoms with Crippen LogP contribution in [0.2, 0.25) is 0 Å². The van der Waals surface area contributed by atoms with Gasteiger partial charge in [0.2, 0.25) is 0 Å². The summed E-state index contributed by atoms with van der Waals surface area (Å²) in [6.45, 7) is 5.63. The zero-order chi connectivity index (χ0) is 16.2. The number of nitrogens with zero attached hydrogens (tertiary/aromatic N) is 1. The van der Waals surface area contributed by atoms with Crippen LogP contribution in [0.5, 0.6) is 11.5 Å². The molecule has 0 saturated heterocycles. The molecule has 0 unspecified atom stereocenters. The van der Waals surface area contributed by atoms with Crippen LogP contribution >= 0.6 is 0 Å². The molecule has 116 valence electrons. The minimum atomic E-state index is -1.27. The fraction of sp³-hybridized carbons (Fsp3) is 0.235. The molecule has 0 amide bonds. The molecule has 0 aliphatic heterocycles. The molecule has 2 aromatic rings. The molecule has 0 radical (unpaired) electrons. The zero-order valence-corrected chi connectivity index (χ0v) is 13.6. The predicted molar refractivity (Wildman–Crippen MR) is 88.4 cm³/mol. The summed E-state index contributed by atoms with van der Waals surface area (Å²) in [6, 6.07) is 13.0. The summed E-state index contributed by atoms with van der Waals surface area (Å²) in [6.07, 6.45) is 1.59. The minimum absolute atomic E-state index is 0.300. The van der Waals surface area contributed by atoms with Crippen molar-refractivity contribution in [3.8, 4) is 11.5 Å². The first-order valence-electron chi connectivity index (χ1n) is 6.84. The Labute approximate surface area is 133 Å². The molecule has 0 bridgehead atoms. The average molecular weight is 319 g/mol. The van der Waals surface area contributed by atoms with E-state index >= 15 is 0 Å². The van der Waals surface area contributed by atoms with Crippen molar-refractivity contribution in [2.24, 2.45) is 4.40 Å². The Morgan fingerprint density at radius 3 is 2.00 bits per heavy atom. The van der Waals surface area contributed by atoms with Crippen molar-refractivity contribution >= 4 is 17.6 Å². The Morgan fingerprint density at radius 2 is 1.50 bits per heavy atom. The van der Waals surface area contributed by atoms with Crippen LogP contribution in [0.25, 0.3) is 0 Å². The van der Waals surface area contributed by atoms with Crippen LogP contribution < -0.4 is 4.74 Å². The van der Waals surface area contributed by atoms with E-state index < -0.39 is 11.4 Å². The maximum atomic E-state index is 12.8. The molecule has 0 fully saturated rings. The lowest BCUT2D eigenvalue weighted by Crippen LogP contribution is -2.25. The van der Waals surface area contributed by atoms with E-state index in [2.05, 4.69) is 4.40 Å². The van der Waals surface area contributed by atoms with E-state index in [1.807, 2.05) is 32.9 Å². The summed E-state index contributed by atoms with van der Waals surface area (Å²) in [7, 11) is 0. The second-order valence-corrected chi connectivity index (χ2v) is 7.65. The lowest BCUT2D eigenvalue weighted by Gasteiger charge is -2.17. The number of hydrogen-bond donors (Lipinski definition) is 0. The molecule has 0 heterocycles. The summed E-state index contributed by atoms with van der Waals surface area (Å²) < 4.78 is 33.9. The molecule has 2 aromatic carbocycles. The van der Waals surface area contributed by atoms with Crippen LogP contribution in [0.15, 0.2) is 52.9 Å². The molecule has 0 aliphatic rings. The van der Waals surface area contributed by atoms with E-state index in [9.17, 15) is 8.94 Å². The van der Waals surface area contributed by atoms with Crippen molar-refractivity contribution in [1.82, 2.24) is 0 Å². The highest BCUT2D eigenvalue weighted by Crippen LogP contribution is 2.22. The van der Waals surface area contributed by atoms with Crippen LogP contribution in [0.3, 0.4) is 0 Å². The third-order valence-electron chi connectivity index (χ3n) is 2.75. The average Bonchev–Trinajstić information content (AvgIpc) is 2.47. The first-order chi connectivity index (χ1) is 10.3. The van der Waals surface area contributed by atoms with Gasteiger partial charge in [0, 0.05) is 0 Å². The van der Waals surface area contributed by atoms with Gasteiger partial charge < -0.3 is 9.29 Å². The maximum absolute atomic E-state index is 12.8. The topological polar surface area (TPSA) is 44.7 Å². The van der Waals surface area contributed by atoms with Gasteiger partial charge in [-0.1, -0.05) is 4.40 Å². The van der Waals surface area contributed by atoms with Gasteiger partial charge in [-0.3, -0.25) is 0 Å². The fourth-order valence-electron chi connectivity index (χ4n) is 1.53. The van der Waals surface area contributed by atoms with Crippen LogP contribution in [0.1, 0.15) is 26.3 Å². The molecule has 5 heteroatoms. The number of halogens is 1. The van der Waals surface area contributed by atoms with Gasteiger partial charge in [-0.15, -0.1) is 0 Å². The number of hydrogen-bond acceptors (Lipinski definition) is 3. The fourth-order valence-corrected chi connectivity index (χ4v) is 2.06. The van der Waals surface area contributed by atoms with Gasteiger partial charge in [0.15, 0.2) is 0 Å². The summed E-state index contributed by atoms with van der Waals surface area (Å²) >= 11 is -1.27. The smallest absolute Gasteiger partial charge is 0.144 e. The minimum Gasteiger partial charge on any atom is -0.591 e. The molecule has 0 aliphatic carbocycles. The van der Waals surface area contributed by atoms with Gasteiger partial charge in [0.25, 0.3) is 0 Å². The van der Waals surface area contributed by atoms with Crippen molar-refractivity contribution in [2.45, 2.75) is 25.5 Å². The maximum Gasteiger partial charge on any atom is 0.144 e. The number of benzene rings is 2. The largest absolute Gasteiger partial charge is 0.591 e. The highest BCUT2D eigenvalue weighted by atomic mass is 32.2. The highest BCUT2D eigenvalue weighted by Gasteiger charge is 2.25. The van der Waals surface area contributed by atoms with Crippen LogP contribution in [-0.2, 0) is 11.4 Å². The molecule has 0 spiro atoms. The summed E-state index contributed by atoms with van der Waals surface area (Å²) in [5.74, 6) is 0.906. The van der Waals surface area contributed by atoms with Gasteiger partial charge >= 0.3 is 0 Å². The van der Waals surface area contributed by atoms with Crippen molar-refractivity contribution in [1.29, 1.82) is 0 Å². The Hall–Kier alpha value is -1.85. The monoisotopic (exact) mass is 319 g/mol. The zero-order valence-electron chi connectivity index (χ0n) is 12.7. The predicted octanol–water partition coefficient (Wildman–Crippen LogP) is 4.50. The van der Waals surface area contributed by atoms with Crippen LogP contribution in [0.4, 0.5) is 4.39 Å². The third kappa shape index (κ3) is 4.86. The van der Waals surface area contributed by atoms with E-state index in [-0.39, 0.29) is 10.6 Å². The normalized spacial score (nSPS) is 13.3. The Morgan fingerprint density at radius 1 is 1.00 bits per heavy atom. The molecule has 2 rings (SSSR count). The van der Waals surface area contributed by atoms with Crippen molar-refractivity contribution < 1.29 is 13.7 Å². The Kier molecular flexibility index (Phi) is 5.21. The standard InChI is InChI=1S/C17H18FNO2S/c1-17(2,3)22(20)19-12-13-4-8-15(9-5-13)21-16-10-6-14(18)7-11-16/h4-12H,1-3H3/b19-12+/t22-/m1/s1. The lowest BCUT2D eigenvalue weighted by molar-refractivity contribution is 0.480. The van der Waals surface area contributed by atoms with Crippen molar-refractivity contribution in [2.75, 3.05) is 0 Å². The third-order valence-corrected chi connectivity index (χ3v) is 4.10. The molecular formula is C17H18FNO2S. The first kappa shape index (κ1) is 16.5. The first-order valence-corrected chi connectivity index (χ1v) is 7.95. The van der Waals surface area contributed by atoms with E-state index in [1.54, 1.807) is 30.5 Å². The quantitative estimate of drug-likeness (QED) is 0.615. The van der Waals surface area contributed by atoms with Gasteiger partial charge in [0.05, 0.1) is 6.21 Å². The SMILES string of the molecule is CC(C)(C)[S@@+]([O-])/N=C/c1ccc(Oc2ccc(F)cc2)cc1. The van der Waals surface area contributed by atoms with E-state index in [4.69, 9.17) is 4.74 Å². The van der Waals surface area contributed by atoms with Crippen molar-refractivity contribution in [3.05, 3.63) is 59.9 Å². The molecular weight excluding hydrogens is 301 g/mol. The Balaban J connectivity index is 2.01. The van der Waals surface area contributed by atoms with E-state index in [0.29, 0.717) is 11.5 Å².